The van der Waals surface area contributed by atoms with Crippen molar-refractivity contribution < 1.29 is 9.18 Å². The second-order valence-corrected chi connectivity index (χ2v) is 3.88. The van der Waals surface area contributed by atoms with Crippen molar-refractivity contribution in [2.75, 3.05) is 0 Å². The van der Waals surface area contributed by atoms with Crippen LogP contribution in [0.25, 0.3) is 0 Å². The van der Waals surface area contributed by atoms with Gasteiger partial charge in [0.2, 0.25) is 5.91 Å². The van der Waals surface area contributed by atoms with E-state index in [-0.39, 0.29) is 18.5 Å². The quantitative estimate of drug-likeness (QED) is 0.807. The van der Waals surface area contributed by atoms with Crippen LogP contribution in [0.1, 0.15) is 19.3 Å². The maximum absolute atomic E-state index is 12.8. The maximum atomic E-state index is 12.8. The Morgan fingerprint density at radius 1 is 1.60 bits per heavy atom. The summed E-state index contributed by atoms with van der Waals surface area (Å²) in [6.07, 6.45) is 4.36. The summed E-state index contributed by atoms with van der Waals surface area (Å²) in [5.41, 5.74) is 0. The first kappa shape index (κ1) is 10.1. The van der Waals surface area contributed by atoms with Crippen molar-refractivity contribution in [3.8, 4) is 0 Å². The third-order valence-corrected chi connectivity index (χ3v) is 2.60. The number of hydrogen-bond acceptors (Lipinski definition) is 2. The van der Waals surface area contributed by atoms with Crippen molar-refractivity contribution in [1.29, 1.82) is 0 Å². The highest BCUT2D eigenvalue weighted by Crippen LogP contribution is 2.21. The fourth-order valence-electron chi connectivity index (χ4n) is 1.87. The predicted octanol–water partition coefficient (Wildman–Crippen LogP) is 0.890. The third-order valence-electron chi connectivity index (χ3n) is 2.60. The normalized spacial score (nSPS) is 25.4. The lowest BCUT2D eigenvalue weighted by atomic mass is 10.2. The standard InChI is InChI=1S/C10H14FN3O/c11-8-2-3-9(6-8)13-10(15)7-14-5-1-4-12-14/h1,4-5,8-9H,2-3,6-7H2,(H,13,15). The molecule has 1 N–H and O–H groups in total. The van der Waals surface area contributed by atoms with Gasteiger partial charge in [-0.3, -0.25) is 9.48 Å². The van der Waals surface area contributed by atoms with Gasteiger partial charge in [-0.05, 0) is 25.3 Å². The van der Waals surface area contributed by atoms with Gasteiger partial charge in [-0.1, -0.05) is 0 Å². The molecule has 5 heteroatoms. The molecule has 1 fully saturated rings. The fourth-order valence-corrected chi connectivity index (χ4v) is 1.87. The van der Waals surface area contributed by atoms with E-state index in [0.717, 1.165) is 6.42 Å². The molecule has 1 heterocycles. The molecule has 4 nitrogen and oxygen atoms in total. The molecule has 1 amide bonds. The number of carbonyl (C=O) groups excluding carboxylic acids is 1. The van der Waals surface area contributed by atoms with Gasteiger partial charge in [0, 0.05) is 18.4 Å². The summed E-state index contributed by atoms with van der Waals surface area (Å²) in [5, 5.41) is 6.74. The van der Waals surface area contributed by atoms with Crippen LogP contribution >= 0.6 is 0 Å². The largest absolute Gasteiger partial charge is 0.352 e. The Labute approximate surface area is 87.5 Å². The van der Waals surface area contributed by atoms with Crippen LogP contribution in [-0.4, -0.2) is 27.9 Å². The average molecular weight is 211 g/mol. The van der Waals surface area contributed by atoms with Crippen molar-refractivity contribution in [3.63, 3.8) is 0 Å². The molecule has 82 valence electrons. The molecule has 0 radical (unpaired) electrons. The number of nitrogens with zero attached hydrogens (tertiary/aromatic N) is 2. The predicted molar refractivity (Wildman–Crippen MR) is 52.9 cm³/mol. The monoisotopic (exact) mass is 211 g/mol. The fraction of sp³-hybridized carbons (Fsp3) is 0.600. The van der Waals surface area contributed by atoms with Gasteiger partial charge in [0.15, 0.2) is 0 Å². The van der Waals surface area contributed by atoms with Crippen molar-refractivity contribution in [1.82, 2.24) is 15.1 Å². The molecule has 2 rings (SSSR count). The number of halogens is 1. The Bertz CT molecular complexity index is 325. The first-order valence-corrected chi connectivity index (χ1v) is 5.15. The first-order valence-electron chi connectivity index (χ1n) is 5.15. The van der Waals surface area contributed by atoms with Crippen LogP contribution in [0.4, 0.5) is 4.39 Å². The molecule has 0 aliphatic heterocycles. The highest BCUT2D eigenvalue weighted by Gasteiger charge is 2.25. The molecule has 1 aliphatic carbocycles. The first-order chi connectivity index (χ1) is 7.24. The van der Waals surface area contributed by atoms with Crippen LogP contribution in [0.2, 0.25) is 0 Å². The summed E-state index contributed by atoms with van der Waals surface area (Å²) in [6.45, 7) is 0.209. The highest BCUT2D eigenvalue weighted by molar-refractivity contribution is 5.75. The zero-order chi connectivity index (χ0) is 10.7. The minimum Gasteiger partial charge on any atom is -0.352 e. The van der Waals surface area contributed by atoms with Gasteiger partial charge >= 0.3 is 0 Å². The van der Waals surface area contributed by atoms with E-state index in [1.165, 1.54) is 0 Å². The van der Waals surface area contributed by atoms with Crippen molar-refractivity contribution in [3.05, 3.63) is 18.5 Å². The molecule has 0 aromatic carbocycles. The molecule has 2 atom stereocenters. The summed E-state index contributed by atoms with van der Waals surface area (Å²) >= 11 is 0. The van der Waals surface area contributed by atoms with Crippen molar-refractivity contribution in [2.24, 2.45) is 0 Å². The van der Waals surface area contributed by atoms with E-state index in [1.807, 2.05) is 0 Å². The number of carbonyl (C=O) groups is 1. The number of alkyl halides is 1. The second kappa shape index (κ2) is 4.42. The maximum Gasteiger partial charge on any atom is 0.241 e. The van der Waals surface area contributed by atoms with Crippen LogP contribution in [0.3, 0.4) is 0 Å². The molecular weight excluding hydrogens is 197 g/mol. The van der Waals surface area contributed by atoms with E-state index in [9.17, 15) is 9.18 Å². The Balaban J connectivity index is 1.78. The van der Waals surface area contributed by atoms with E-state index >= 15 is 0 Å². The van der Waals surface area contributed by atoms with E-state index in [4.69, 9.17) is 0 Å². The van der Waals surface area contributed by atoms with Gasteiger partial charge in [0.25, 0.3) is 0 Å². The smallest absolute Gasteiger partial charge is 0.241 e. The van der Waals surface area contributed by atoms with Gasteiger partial charge in [-0.2, -0.15) is 5.10 Å². The summed E-state index contributed by atoms with van der Waals surface area (Å²) in [5.74, 6) is -0.0993. The summed E-state index contributed by atoms with van der Waals surface area (Å²) < 4.78 is 14.4. The molecule has 0 bridgehead atoms. The highest BCUT2D eigenvalue weighted by atomic mass is 19.1. The van der Waals surface area contributed by atoms with Crippen LogP contribution in [0.5, 0.6) is 0 Å². The number of rotatable bonds is 3. The molecule has 1 aromatic rings. The lowest BCUT2D eigenvalue weighted by Crippen LogP contribution is -2.35. The Morgan fingerprint density at radius 3 is 3.07 bits per heavy atom. The molecule has 15 heavy (non-hydrogen) atoms. The minimum absolute atomic E-state index is 0.00284. The zero-order valence-corrected chi connectivity index (χ0v) is 8.40. The average Bonchev–Trinajstić information content (AvgIpc) is 2.77. The zero-order valence-electron chi connectivity index (χ0n) is 8.40. The topological polar surface area (TPSA) is 46.9 Å². The third kappa shape index (κ3) is 2.78. The van der Waals surface area contributed by atoms with Crippen LogP contribution in [-0.2, 0) is 11.3 Å². The molecule has 0 saturated heterocycles. The van der Waals surface area contributed by atoms with E-state index in [1.54, 1.807) is 23.1 Å². The Hall–Kier alpha value is -1.39. The van der Waals surface area contributed by atoms with E-state index in [2.05, 4.69) is 10.4 Å². The van der Waals surface area contributed by atoms with Crippen LogP contribution in [0.15, 0.2) is 18.5 Å². The van der Waals surface area contributed by atoms with Crippen LogP contribution < -0.4 is 5.32 Å². The summed E-state index contributed by atoms with van der Waals surface area (Å²) in [6, 6.07) is 1.77. The molecular formula is C10H14FN3O. The number of nitrogens with one attached hydrogen (secondary N) is 1. The lowest BCUT2D eigenvalue weighted by Gasteiger charge is -2.11. The summed E-state index contributed by atoms with van der Waals surface area (Å²) in [7, 11) is 0. The van der Waals surface area contributed by atoms with E-state index < -0.39 is 6.17 Å². The number of hydrogen-bond donors (Lipinski definition) is 1. The van der Waals surface area contributed by atoms with Gasteiger partial charge in [-0.25, -0.2) is 4.39 Å². The van der Waals surface area contributed by atoms with Crippen molar-refractivity contribution in [2.45, 2.75) is 38.0 Å². The lowest BCUT2D eigenvalue weighted by molar-refractivity contribution is -0.122. The van der Waals surface area contributed by atoms with E-state index in [0.29, 0.717) is 12.8 Å². The van der Waals surface area contributed by atoms with Gasteiger partial charge in [0.1, 0.15) is 12.7 Å². The Kier molecular flexibility index (Phi) is 2.99. The molecule has 1 aromatic heterocycles. The van der Waals surface area contributed by atoms with Gasteiger partial charge < -0.3 is 5.32 Å². The van der Waals surface area contributed by atoms with Crippen LogP contribution in [0, 0.1) is 0 Å². The minimum atomic E-state index is -0.750. The summed E-state index contributed by atoms with van der Waals surface area (Å²) in [4.78, 5) is 11.5. The molecule has 2 unspecified atom stereocenters. The van der Waals surface area contributed by atoms with Gasteiger partial charge in [0.05, 0.1) is 0 Å². The molecule has 0 spiro atoms. The second-order valence-electron chi connectivity index (χ2n) is 3.88. The number of aromatic nitrogens is 2. The number of amides is 1. The van der Waals surface area contributed by atoms with Crippen molar-refractivity contribution >= 4 is 5.91 Å². The SMILES string of the molecule is O=C(Cn1cccn1)NC1CCC(F)C1. The molecule has 1 aliphatic rings. The van der Waals surface area contributed by atoms with Gasteiger partial charge in [-0.15, -0.1) is 0 Å². The molecule has 1 saturated carbocycles. The Morgan fingerprint density at radius 2 is 2.47 bits per heavy atom.